The van der Waals surface area contributed by atoms with Gasteiger partial charge in [0.05, 0.1) is 0 Å². The van der Waals surface area contributed by atoms with Gasteiger partial charge in [0.25, 0.3) is 0 Å². The molecule has 5 nitrogen and oxygen atoms in total. The summed E-state index contributed by atoms with van der Waals surface area (Å²) in [7, 11) is 0. The van der Waals surface area contributed by atoms with Gasteiger partial charge in [0.2, 0.25) is 5.13 Å². The highest BCUT2D eigenvalue weighted by Crippen LogP contribution is 2.14. The molecule has 0 bridgehead atoms. The summed E-state index contributed by atoms with van der Waals surface area (Å²) in [6, 6.07) is -0.206. The number of hydrogen-bond donors (Lipinski definition) is 2. The SMILES string of the molecule is CCCCNC(=O)Nc1nnc(CC)s1. The van der Waals surface area contributed by atoms with E-state index in [-0.39, 0.29) is 6.03 Å². The van der Waals surface area contributed by atoms with Crippen molar-refractivity contribution in [2.75, 3.05) is 11.9 Å². The second-order valence-corrected chi connectivity index (χ2v) is 4.15. The van der Waals surface area contributed by atoms with Crippen LogP contribution < -0.4 is 10.6 Å². The molecule has 84 valence electrons. The molecule has 0 aliphatic carbocycles. The number of anilines is 1. The Kier molecular flexibility index (Phi) is 5.03. The Hall–Kier alpha value is -1.17. The van der Waals surface area contributed by atoms with E-state index >= 15 is 0 Å². The summed E-state index contributed by atoms with van der Waals surface area (Å²) in [4.78, 5) is 11.3. The molecule has 0 fully saturated rings. The van der Waals surface area contributed by atoms with Gasteiger partial charge in [-0.05, 0) is 12.8 Å². The lowest BCUT2D eigenvalue weighted by Crippen LogP contribution is -2.29. The molecule has 0 saturated heterocycles. The van der Waals surface area contributed by atoms with Crippen LogP contribution in [0.15, 0.2) is 0 Å². The number of hydrogen-bond acceptors (Lipinski definition) is 4. The third kappa shape index (κ3) is 4.24. The van der Waals surface area contributed by atoms with Crippen LogP contribution in [0.5, 0.6) is 0 Å². The molecule has 0 radical (unpaired) electrons. The van der Waals surface area contributed by atoms with E-state index in [0.717, 1.165) is 24.3 Å². The maximum atomic E-state index is 11.3. The first-order chi connectivity index (χ1) is 7.26. The van der Waals surface area contributed by atoms with E-state index in [1.807, 2.05) is 6.92 Å². The number of carbonyl (C=O) groups is 1. The number of urea groups is 1. The van der Waals surface area contributed by atoms with E-state index in [1.165, 1.54) is 11.3 Å². The van der Waals surface area contributed by atoms with Crippen molar-refractivity contribution < 1.29 is 4.79 Å². The van der Waals surface area contributed by atoms with Crippen LogP contribution in [0.25, 0.3) is 0 Å². The molecule has 2 N–H and O–H groups in total. The predicted octanol–water partition coefficient (Wildman–Crippen LogP) is 2.02. The van der Waals surface area contributed by atoms with E-state index < -0.39 is 0 Å². The van der Waals surface area contributed by atoms with E-state index in [9.17, 15) is 4.79 Å². The zero-order valence-corrected chi connectivity index (χ0v) is 9.86. The van der Waals surface area contributed by atoms with Gasteiger partial charge in [-0.2, -0.15) is 0 Å². The van der Waals surface area contributed by atoms with Crippen LogP contribution in [0.3, 0.4) is 0 Å². The van der Waals surface area contributed by atoms with Gasteiger partial charge < -0.3 is 5.32 Å². The first kappa shape index (κ1) is 11.9. The molecule has 0 aliphatic rings. The summed E-state index contributed by atoms with van der Waals surface area (Å²) in [6.45, 7) is 4.78. The largest absolute Gasteiger partial charge is 0.338 e. The minimum absolute atomic E-state index is 0.206. The first-order valence-electron chi connectivity index (χ1n) is 5.13. The minimum Gasteiger partial charge on any atom is -0.338 e. The Labute approximate surface area is 93.3 Å². The number of nitrogens with one attached hydrogen (secondary N) is 2. The summed E-state index contributed by atoms with van der Waals surface area (Å²) in [5, 5.41) is 14.6. The molecule has 0 spiro atoms. The van der Waals surface area contributed by atoms with Crippen molar-refractivity contribution >= 4 is 22.5 Å². The number of unbranched alkanes of at least 4 members (excludes halogenated alkanes) is 1. The van der Waals surface area contributed by atoms with Crippen molar-refractivity contribution in [2.24, 2.45) is 0 Å². The third-order valence-corrected chi connectivity index (χ3v) is 2.79. The van der Waals surface area contributed by atoms with Crippen LogP contribution in [-0.4, -0.2) is 22.8 Å². The molecule has 0 aliphatic heterocycles. The van der Waals surface area contributed by atoms with Gasteiger partial charge in [0.1, 0.15) is 5.01 Å². The fourth-order valence-corrected chi connectivity index (χ4v) is 1.64. The highest BCUT2D eigenvalue weighted by atomic mass is 32.1. The van der Waals surface area contributed by atoms with Gasteiger partial charge in [-0.3, -0.25) is 5.32 Å². The number of aromatic nitrogens is 2. The Morgan fingerprint density at radius 1 is 1.40 bits per heavy atom. The maximum absolute atomic E-state index is 11.3. The average molecular weight is 228 g/mol. The highest BCUT2D eigenvalue weighted by Gasteiger charge is 2.05. The summed E-state index contributed by atoms with van der Waals surface area (Å²) in [6.07, 6.45) is 2.90. The lowest BCUT2D eigenvalue weighted by Gasteiger charge is -2.02. The van der Waals surface area contributed by atoms with Crippen molar-refractivity contribution in [1.29, 1.82) is 0 Å². The van der Waals surface area contributed by atoms with Crippen molar-refractivity contribution in [3.63, 3.8) is 0 Å². The van der Waals surface area contributed by atoms with Gasteiger partial charge in [-0.15, -0.1) is 10.2 Å². The molecule has 1 heterocycles. The summed E-state index contributed by atoms with van der Waals surface area (Å²) < 4.78 is 0. The molecule has 0 saturated carbocycles. The van der Waals surface area contributed by atoms with Crippen LogP contribution in [0.1, 0.15) is 31.7 Å². The molecular formula is C9H16N4OS. The fourth-order valence-electron chi connectivity index (χ4n) is 0.967. The zero-order chi connectivity index (χ0) is 11.1. The monoisotopic (exact) mass is 228 g/mol. The Morgan fingerprint density at radius 3 is 2.80 bits per heavy atom. The van der Waals surface area contributed by atoms with E-state index in [4.69, 9.17) is 0 Å². The molecule has 1 rings (SSSR count). The molecule has 0 aromatic carbocycles. The zero-order valence-electron chi connectivity index (χ0n) is 9.04. The second-order valence-electron chi connectivity index (χ2n) is 3.09. The number of nitrogens with zero attached hydrogens (tertiary/aromatic N) is 2. The summed E-state index contributed by atoms with van der Waals surface area (Å²) in [5.74, 6) is 0. The average Bonchev–Trinajstić information content (AvgIpc) is 2.66. The lowest BCUT2D eigenvalue weighted by atomic mass is 10.3. The number of aryl methyl sites for hydroxylation is 1. The number of amides is 2. The van der Waals surface area contributed by atoms with Gasteiger partial charge in [0.15, 0.2) is 0 Å². The fraction of sp³-hybridized carbons (Fsp3) is 0.667. The quantitative estimate of drug-likeness (QED) is 0.758. The van der Waals surface area contributed by atoms with Crippen molar-refractivity contribution in [3.05, 3.63) is 5.01 Å². The minimum atomic E-state index is -0.206. The number of carbonyl (C=O) groups excluding carboxylic acids is 1. The molecule has 0 unspecified atom stereocenters. The molecule has 0 atom stereocenters. The van der Waals surface area contributed by atoms with Crippen LogP contribution in [0.2, 0.25) is 0 Å². The molecule has 2 amide bonds. The van der Waals surface area contributed by atoms with Crippen molar-refractivity contribution in [2.45, 2.75) is 33.1 Å². The topological polar surface area (TPSA) is 66.9 Å². The maximum Gasteiger partial charge on any atom is 0.321 e. The van der Waals surface area contributed by atoms with Crippen LogP contribution in [-0.2, 0) is 6.42 Å². The Morgan fingerprint density at radius 2 is 2.20 bits per heavy atom. The summed E-state index contributed by atoms with van der Waals surface area (Å²) >= 11 is 1.41. The Bertz CT molecular complexity index is 313. The molecule has 1 aromatic rings. The molecule has 15 heavy (non-hydrogen) atoms. The van der Waals surface area contributed by atoms with Gasteiger partial charge in [0, 0.05) is 6.54 Å². The van der Waals surface area contributed by atoms with Gasteiger partial charge in [-0.1, -0.05) is 31.6 Å². The predicted molar refractivity (Wildman–Crippen MR) is 61.2 cm³/mol. The normalized spacial score (nSPS) is 10.0. The third-order valence-electron chi connectivity index (χ3n) is 1.81. The van der Waals surface area contributed by atoms with E-state index in [0.29, 0.717) is 11.7 Å². The Balaban J connectivity index is 2.31. The molecule has 6 heteroatoms. The van der Waals surface area contributed by atoms with Crippen LogP contribution >= 0.6 is 11.3 Å². The van der Waals surface area contributed by atoms with Gasteiger partial charge >= 0.3 is 6.03 Å². The van der Waals surface area contributed by atoms with Crippen molar-refractivity contribution in [3.8, 4) is 0 Å². The molecule has 1 aromatic heterocycles. The second kappa shape index (κ2) is 6.34. The molecular weight excluding hydrogens is 212 g/mol. The van der Waals surface area contributed by atoms with Crippen LogP contribution in [0, 0.1) is 0 Å². The van der Waals surface area contributed by atoms with Crippen molar-refractivity contribution in [1.82, 2.24) is 15.5 Å². The van der Waals surface area contributed by atoms with Gasteiger partial charge in [-0.25, -0.2) is 4.79 Å². The standard InChI is InChI=1S/C9H16N4OS/c1-3-5-6-10-8(14)11-9-13-12-7(4-2)15-9/h3-6H2,1-2H3,(H2,10,11,13,14). The summed E-state index contributed by atoms with van der Waals surface area (Å²) in [5.41, 5.74) is 0. The van der Waals surface area contributed by atoms with Crippen LogP contribution in [0.4, 0.5) is 9.93 Å². The van der Waals surface area contributed by atoms with E-state index in [2.05, 4.69) is 27.8 Å². The number of rotatable bonds is 5. The first-order valence-corrected chi connectivity index (χ1v) is 5.95. The smallest absolute Gasteiger partial charge is 0.321 e. The highest BCUT2D eigenvalue weighted by molar-refractivity contribution is 7.15. The lowest BCUT2D eigenvalue weighted by molar-refractivity contribution is 0.252. The van der Waals surface area contributed by atoms with E-state index in [1.54, 1.807) is 0 Å².